The minimum absolute atomic E-state index is 0.0708. The molecular formula is C19H14N4O5. The highest BCUT2D eigenvalue weighted by atomic mass is 16.5. The smallest absolute Gasteiger partial charge is 0.278 e. The molecule has 140 valence electrons. The molecule has 0 atom stereocenters. The first-order valence-electron chi connectivity index (χ1n) is 8.28. The van der Waals surface area contributed by atoms with Gasteiger partial charge in [0.15, 0.2) is 17.6 Å². The summed E-state index contributed by atoms with van der Waals surface area (Å²) in [6.45, 7) is -0.241. The Balaban J connectivity index is 1.69. The molecule has 4 aromatic rings. The fourth-order valence-corrected chi connectivity index (χ4v) is 2.87. The van der Waals surface area contributed by atoms with Gasteiger partial charge in [0.1, 0.15) is 11.5 Å². The van der Waals surface area contributed by atoms with Crippen LogP contribution in [0.1, 0.15) is 10.4 Å². The first kappa shape index (κ1) is 17.4. The molecule has 2 heterocycles. The maximum absolute atomic E-state index is 12.7. The lowest BCUT2D eigenvalue weighted by Crippen LogP contribution is -2.13. The first-order chi connectivity index (χ1) is 13.6. The number of hydrogen-bond acceptors (Lipinski definition) is 7. The van der Waals surface area contributed by atoms with E-state index in [1.807, 2.05) is 0 Å². The molecule has 0 amide bonds. The van der Waals surface area contributed by atoms with Gasteiger partial charge in [-0.3, -0.25) is 14.4 Å². The molecule has 9 heteroatoms. The van der Waals surface area contributed by atoms with Gasteiger partial charge in [-0.2, -0.15) is 15.4 Å². The number of methoxy groups -OCH3 is 1. The zero-order valence-corrected chi connectivity index (χ0v) is 14.7. The Kier molecular flexibility index (Phi) is 4.32. The van der Waals surface area contributed by atoms with E-state index in [-0.39, 0.29) is 28.8 Å². The Morgan fingerprint density at radius 3 is 2.68 bits per heavy atom. The van der Waals surface area contributed by atoms with Crippen LogP contribution in [0.4, 0.5) is 0 Å². The number of para-hydroxylation sites is 1. The molecule has 0 spiro atoms. The summed E-state index contributed by atoms with van der Waals surface area (Å²) in [4.78, 5) is 39.8. The van der Waals surface area contributed by atoms with E-state index >= 15 is 0 Å². The largest absolute Gasteiger partial charge is 0.496 e. The third kappa shape index (κ3) is 2.98. The molecule has 4 rings (SSSR count). The highest BCUT2D eigenvalue weighted by molar-refractivity contribution is 5.99. The van der Waals surface area contributed by atoms with Crippen LogP contribution in [0.15, 0.2) is 52.1 Å². The lowest BCUT2D eigenvalue weighted by atomic mass is 10.1. The van der Waals surface area contributed by atoms with Gasteiger partial charge < -0.3 is 14.5 Å². The molecule has 2 N–H and O–H groups in total. The van der Waals surface area contributed by atoms with E-state index in [9.17, 15) is 14.4 Å². The van der Waals surface area contributed by atoms with E-state index in [1.54, 1.807) is 30.3 Å². The zero-order chi connectivity index (χ0) is 19.7. The van der Waals surface area contributed by atoms with E-state index < -0.39 is 11.0 Å². The summed E-state index contributed by atoms with van der Waals surface area (Å²) >= 11 is 0. The maximum Gasteiger partial charge on any atom is 0.278 e. The third-order valence-corrected chi connectivity index (χ3v) is 4.24. The second-order valence-electron chi connectivity index (χ2n) is 5.92. The van der Waals surface area contributed by atoms with Gasteiger partial charge in [0.25, 0.3) is 5.56 Å². The number of hydrogen-bond donors (Lipinski definition) is 2. The van der Waals surface area contributed by atoms with Crippen LogP contribution in [-0.4, -0.2) is 39.9 Å². The van der Waals surface area contributed by atoms with Crippen LogP contribution in [0.5, 0.6) is 11.5 Å². The van der Waals surface area contributed by atoms with Crippen LogP contribution in [-0.2, 0) is 0 Å². The van der Waals surface area contributed by atoms with Crippen molar-refractivity contribution in [3.63, 3.8) is 0 Å². The van der Waals surface area contributed by atoms with E-state index in [2.05, 4.69) is 20.4 Å². The van der Waals surface area contributed by atoms with Crippen LogP contribution < -0.4 is 20.5 Å². The van der Waals surface area contributed by atoms with Crippen molar-refractivity contribution >= 4 is 27.7 Å². The van der Waals surface area contributed by atoms with Crippen LogP contribution in [0.2, 0.25) is 0 Å². The third-order valence-electron chi connectivity index (χ3n) is 4.24. The predicted octanol–water partition coefficient (Wildman–Crippen LogP) is 1.43. The SMILES string of the molecule is COc1ccccc1C(=O)COc1ccc2[nH]c(=O)c3n[nH]nc3c(=O)c2c1. The molecule has 0 bridgehead atoms. The number of aromatic nitrogens is 4. The fourth-order valence-electron chi connectivity index (χ4n) is 2.87. The summed E-state index contributed by atoms with van der Waals surface area (Å²) in [5.41, 5.74) is -0.434. The van der Waals surface area contributed by atoms with Crippen LogP contribution in [0.25, 0.3) is 21.9 Å². The molecule has 0 radical (unpaired) electrons. The molecular weight excluding hydrogens is 364 g/mol. The van der Waals surface area contributed by atoms with Crippen molar-refractivity contribution in [2.45, 2.75) is 0 Å². The number of nitrogens with one attached hydrogen (secondary N) is 2. The average molecular weight is 378 g/mol. The second kappa shape index (κ2) is 6.95. The predicted molar refractivity (Wildman–Crippen MR) is 101 cm³/mol. The topological polar surface area (TPSA) is 127 Å². The van der Waals surface area contributed by atoms with Gasteiger partial charge in [-0.1, -0.05) is 12.1 Å². The number of carbonyl (C=O) groups excluding carboxylic acids is 1. The number of H-pyrrole nitrogens is 2. The number of carbonyl (C=O) groups is 1. The van der Waals surface area contributed by atoms with E-state index in [4.69, 9.17) is 9.47 Å². The van der Waals surface area contributed by atoms with Gasteiger partial charge in [0.2, 0.25) is 11.2 Å². The lowest BCUT2D eigenvalue weighted by molar-refractivity contribution is 0.0918. The number of Topliss-reactive ketones (excluding diaryl/α,β-unsaturated/α-hetero) is 1. The van der Waals surface area contributed by atoms with Crippen LogP contribution >= 0.6 is 0 Å². The Hall–Kier alpha value is -4.01. The lowest BCUT2D eigenvalue weighted by Gasteiger charge is -2.09. The molecule has 2 aromatic carbocycles. The van der Waals surface area contributed by atoms with Crippen molar-refractivity contribution in [2.24, 2.45) is 0 Å². The van der Waals surface area contributed by atoms with E-state index in [0.29, 0.717) is 22.6 Å². The first-order valence-corrected chi connectivity index (χ1v) is 8.28. The van der Waals surface area contributed by atoms with Gasteiger partial charge in [0, 0.05) is 0 Å². The Labute approximate surface area is 156 Å². The van der Waals surface area contributed by atoms with Gasteiger partial charge in [-0.25, -0.2) is 0 Å². The highest BCUT2D eigenvalue weighted by Gasteiger charge is 2.14. The number of aromatic amines is 2. The molecule has 9 nitrogen and oxygen atoms in total. The van der Waals surface area contributed by atoms with Gasteiger partial charge in [-0.05, 0) is 30.3 Å². The Morgan fingerprint density at radius 1 is 1.07 bits per heavy atom. The molecule has 0 aliphatic heterocycles. The summed E-state index contributed by atoms with van der Waals surface area (Å²) < 4.78 is 10.7. The fraction of sp³-hybridized carbons (Fsp3) is 0.105. The molecule has 0 aliphatic carbocycles. The van der Waals surface area contributed by atoms with Crippen LogP contribution in [0, 0.1) is 0 Å². The zero-order valence-electron chi connectivity index (χ0n) is 14.7. The molecule has 0 fully saturated rings. The maximum atomic E-state index is 12.7. The van der Waals surface area contributed by atoms with Gasteiger partial charge in [-0.15, -0.1) is 0 Å². The number of ketones is 1. The molecule has 28 heavy (non-hydrogen) atoms. The number of benzene rings is 2. The molecule has 0 saturated carbocycles. The normalized spacial score (nSPS) is 10.9. The van der Waals surface area contributed by atoms with Crippen molar-refractivity contribution < 1.29 is 14.3 Å². The molecule has 0 unspecified atom stereocenters. The van der Waals surface area contributed by atoms with Crippen molar-refractivity contribution in [3.05, 3.63) is 68.6 Å². The van der Waals surface area contributed by atoms with Crippen molar-refractivity contribution in [2.75, 3.05) is 13.7 Å². The minimum Gasteiger partial charge on any atom is -0.496 e. The minimum atomic E-state index is -0.532. The van der Waals surface area contributed by atoms with Crippen LogP contribution in [0.3, 0.4) is 0 Å². The number of fused-ring (bicyclic) bond motifs is 2. The van der Waals surface area contributed by atoms with Gasteiger partial charge >= 0.3 is 0 Å². The standard InChI is InChI=1S/C19H14N4O5/c1-27-15-5-3-2-4-11(15)14(24)9-28-10-6-7-13-12(8-10)18(25)16-17(19(26)20-13)22-23-21-16/h2-8H,9H2,1H3,(H,20,26)(H,21,22,23). The van der Waals surface area contributed by atoms with Crippen molar-refractivity contribution in [1.82, 2.24) is 20.4 Å². The number of rotatable bonds is 5. The van der Waals surface area contributed by atoms with Crippen molar-refractivity contribution in [3.8, 4) is 11.5 Å². The number of ether oxygens (including phenoxy) is 2. The van der Waals surface area contributed by atoms with Crippen molar-refractivity contribution in [1.29, 1.82) is 0 Å². The number of nitrogens with zero attached hydrogens (tertiary/aromatic N) is 2. The summed E-state index contributed by atoms with van der Waals surface area (Å²) in [5.74, 6) is 0.483. The molecule has 2 aromatic heterocycles. The Morgan fingerprint density at radius 2 is 1.86 bits per heavy atom. The Bertz CT molecular complexity index is 1330. The van der Waals surface area contributed by atoms with Gasteiger partial charge in [0.05, 0.1) is 23.6 Å². The summed E-state index contributed by atoms with van der Waals surface area (Å²) in [7, 11) is 1.48. The second-order valence-corrected chi connectivity index (χ2v) is 5.92. The molecule has 0 saturated heterocycles. The van der Waals surface area contributed by atoms with E-state index in [0.717, 1.165) is 0 Å². The highest BCUT2D eigenvalue weighted by Crippen LogP contribution is 2.20. The summed E-state index contributed by atoms with van der Waals surface area (Å²) in [6.07, 6.45) is 0. The summed E-state index contributed by atoms with van der Waals surface area (Å²) in [6, 6.07) is 11.4. The van der Waals surface area contributed by atoms with E-state index in [1.165, 1.54) is 19.2 Å². The summed E-state index contributed by atoms with van der Waals surface area (Å²) in [5, 5.41) is 9.93. The molecule has 0 aliphatic rings. The quantitative estimate of drug-likeness (QED) is 0.503. The monoisotopic (exact) mass is 378 g/mol. The average Bonchev–Trinajstić information content (AvgIpc) is 3.19.